The number of piperidine rings is 1. The number of hydrogen-bond donors (Lipinski definition) is 1. The minimum absolute atomic E-state index is 0.0935. The second-order valence-electron chi connectivity index (χ2n) is 7.66. The van der Waals surface area contributed by atoms with E-state index in [1.165, 1.54) is 5.56 Å². The molecule has 2 amide bonds. The van der Waals surface area contributed by atoms with E-state index in [1.807, 2.05) is 48.2 Å². The lowest BCUT2D eigenvalue weighted by Gasteiger charge is -2.47. The SMILES string of the molecule is CCN1c2cc(C(=O)NCc3ccc(C)cc3)ccc2C(=O)N2CCCC[C@@H]21. The van der Waals surface area contributed by atoms with E-state index < -0.39 is 0 Å². The predicted molar refractivity (Wildman–Crippen MR) is 110 cm³/mol. The lowest BCUT2D eigenvalue weighted by molar-refractivity contribution is 0.0582. The van der Waals surface area contributed by atoms with E-state index in [4.69, 9.17) is 0 Å². The van der Waals surface area contributed by atoms with Crippen molar-refractivity contribution in [2.45, 2.75) is 45.8 Å². The second-order valence-corrected chi connectivity index (χ2v) is 7.66. The van der Waals surface area contributed by atoms with Crippen LogP contribution < -0.4 is 10.2 Å². The first kappa shape index (κ1) is 18.5. The zero-order valence-corrected chi connectivity index (χ0v) is 16.6. The maximum Gasteiger partial charge on any atom is 0.257 e. The van der Waals surface area contributed by atoms with E-state index in [2.05, 4.69) is 17.1 Å². The molecule has 2 aromatic rings. The number of benzene rings is 2. The van der Waals surface area contributed by atoms with Crippen molar-refractivity contribution >= 4 is 17.5 Å². The van der Waals surface area contributed by atoms with Crippen molar-refractivity contribution in [2.75, 3.05) is 18.0 Å². The molecule has 0 bridgehead atoms. The van der Waals surface area contributed by atoms with Gasteiger partial charge in [0.25, 0.3) is 11.8 Å². The topological polar surface area (TPSA) is 52.7 Å². The molecule has 2 heterocycles. The minimum atomic E-state index is -0.113. The van der Waals surface area contributed by atoms with Crippen molar-refractivity contribution < 1.29 is 9.59 Å². The molecule has 0 unspecified atom stereocenters. The lowest BCUT2D eigenvalue weighted by Crippen LogP contribution is -2.57. The van der Waals surface area contributed by atoms with E-state index >= 15 is 0 Å². The maximum absolute atomic E-state index is 12.9. The van der Waals surface area contributed by atoms with Crippen LogP contribution in [0.1, 0.15) is 58.0 Å². The Balaban J connectivity index is 1.56. The monoisotopic (exact) mass is 377 g/mol. The molecule has 2 aliphatic rings. The molecule has 1 fully saturated rings. The van der Waals surface area contributed by atoms with Crippen LogP contribution in [0.4, 0.5) is 5.69 Å². The normalized spacial score (nSPS) is 18.5. The summed E-state index contributed by atoms with van der Waals surface area (Å²) in [6.45, 7) is 6.28. The van der Waals surface area contributed by atoms with Crippen LogP contribution >= 0.6 is 0 Å². The number of amides is 2. The molecular weight excluding hydrogens is 350 g/mol. The van der Waals surface area contributed by atoms with Crippen molar-refractivity contribution in [1.29, 1.82) is 0 Å². The largest absolute Gasteiger partial charge is 0.351 e. The fourth-order valence-electron chi connectivity index (χ4n) is 4.25. The molecule has 4 rings (SSSR count). The van der Waals surface area contributed by atoms with Crippen LogP contribution in [0.15, 0.2) is 42.5 Å². The second kappa shape index (κ2) is 7.66. The van der Waals surface area contributed by atoms with Gasteiger partial charge in [-0.25, -0.2) is 0 Å². The highest BCUT2D eigenvalue weighted by molar-refractivity contribution is 6.04. The van der Waals surface area contributed by atoms with Gasteiger partial charge in [-0.1, -0.05) is 29.8 Å². The van der Waals surface area contributed by atoms with Crippen molar-refractivity contribution in [1.82, 2.24) is 10.2 Å². The summed E-state index contributed by atoms with van der Waals surface area (Å²) in [4.78, 5) is 29.9. The molecule has 2 aromatic carbocycles. The van der Waals surface area contributed by atoms with Gasteiger partial charge in [0.1, 0.15) is 6.17 Å². The van der Waals surface area contributed by atoms with E-state index in [-0.39, 0.29) is 18.0 Å². The number of carbonyl (C=O) groups is 2. The van der Waals surface area contributed by atoms with Crippen LogP contribution in [0.2, 0.25) is 0 Å². The fraction of sp³-hybridized carbons (Fsp3) is 0.391. The summed E-state index contributed by atoms with van der Waals surface area (Å²) < 4.78 is 0. The number of fused-ring (bicyclic) bond motifs is 2. The number of rotatable bonds is 4. The molecule has 0 radical (unpaired) electrons. The molecular formula is C23H27N3O2. The van der Waals surface area contributed by atoms with Gasteiger partial charge in [0.2, 0.25) is 0 Å². The summed E-state index contributed by atoms with van der Waals surface area (Å²) in [5, 5.41) is 2.99. The first-order chi connectivity index (χ1) is 13.6. The molecule has 0 aliphatic carbocycles. The van der Waals surface area contributed by atoms with Gasteiger partial charge in [-0.2, -0.15) is 0 Å². The molecule has 1 atom stereocenters. The molecule has 0 saturated carbocycles. The van der Waals surface area contributed by atoms with Crippen LogP contribution in [0, 0.1) is 6.92 Å². The van der Waals surface area contributed by atoms with Crippen LogP contribution in [0.25, 0.3) is 0 Å². The molecule has 2 aliphatic heterocycles. The Kier molecular flexibility index (Phi) is 5.07. The Morgan fingerprint density at radius 1 is 1.14 bits per heavy atom. The van der Waals surface area contributed by atoms with E-state index in [1.54, 1.807) is 6.07 Å². The highest BCUT2D eigenvalue weighted by Crippen LogP contribution is 2.35. The van der Waals surface area contributed by atoms with Gasteiger partial charge < -0.3 is 15.1 Å². The number of anilines is 1. The van der Waals surface area contributed by atoms with Crippen LogP contribution in [-0.4, -0.2) is 36.0 Å². The number of aryl methyl sites for hydroxylation is 1. The predicted octanol–water partition coefficient (Wildman–Crippen LogP) is 3.72. The minimum Gasteiger partial charge on any atom is -0.351 e. The molecule has 1 N–H and O–H groups in total. The zero-order valence-electron chi connectivity index (χ0n) is 16.6. The van der Waals surface area contributed by atoms with Crippen molar-refractivity contribution in [2.24, 2.45) is 0 Å². The fourth-order valence-corrected chi connectivity index (χ4v) is 4.25. The van der Waals surface area contributed by atoms with Gasteiger partial charge in [0.15, 0.2) is 0 Å². The van der Waals surface area contributed by atoms with Gasteiger partial charge in [-0.15, -0.1) is 0 Å². The van der Waals surface area contributed by atoms with Crippen LogP contribution in [0.3, 0.4) is 0 Å². The number of nitrogens with zero attached hydrogens (tertiary/aromatic N) is 2. The summed E-state index contributed by atoms with van der Waals surface area (Å²) in [6.07, 6.45) is 3.30. The molecule has 5 nitrogen and oxygen atoms in total. The highest BCUT2D eigenvalue weighted by atomic mass is 16.2. The summed E-state index contributed by atoms with van der Waals surface area (Å²) in [7, 11) is 0. The average molecular weight is 377 g/mol. The van der Waals surface area contributed by atoms with E-state index in [9.17, 15) is 9.59 Å². The third-order valence-corrected chi connectivity index (χ3v) is 5.81. The van der Waals surface area contributed by atoms with E-state index in [0.29, 0.717) is 17.7 Å². The number of nitrogens with one attached hydrogen (secondary N) is 1. The molecule has 5 heteroatoms. The van der Waals surface area contributed by atoms with Crippen LogP contribution in [-0.2, 0) is 6.54 Å². The summed E-state index contributed by atoms with van der Waals surface area (Å²) >= 11 is 0. The first-order valence-electron chi connectivity index (χ1n) is 10.1. The quantitative estimate of drug-likeness (QED) is 0.884. The van der Waals surface area contributed by atoms with E-state index in [0.717, 1.165) is 43.6 Å². The van der Waals surface area contributed by atoms with Gasteiger partial charge in [0, 0.05) is 25.2 Å². The third-order valence-electron chi connectivity index (χ3n) is 5.81. The van der Waals surface area contributed by atoms with Crippen LogP contribution in [0.5, 0.6) is 0 Å². The Morgan fingerprint density at radius 3 is 2.68 bits per heavy atom. The maximum atomic E-state index is 12.9. The summed E-state index contributed by atoms with van der Waals surface area (Å²) in [6, 6.07) is 13.6. The standard InChI is InChI=1S/C23H27N3O2/c1-3-25-20-14-18(22(27)24-15-17-9-7-16(2)8-10-17)11-12-19(20)23(28)26-13-5-4-6-21(25)26/h7-12,14,21H,3-6,13,15H2,1-2H3,(H,24,27)/t21-/m1/s1. The first-order valence-corrected chi connectivity index (χ1v) is 10.1. The van der Waals surface area contributed by atoms with Gasteiger partial charge >= 0.3 is 0 Å². The number of hydrogen-bond acceptors (Lipinski definition) is 3. The average Bonchev–Trinajstić information content (AvgIpc) is 2.73. The van der Waals surface area contributed by atoms with Gasteiger partial charge in [-0.3, -0.25) is 9.59 Å². The summed E-state index contributed by atoms with van der Waals surface area (Å²) in [5.74, 6) is -0.0195. The Labute approximate surface area is 166 Å². The number of carbonyl (C=O) groups excluding carboxylic acids is 2. The smallest absolute Gasteiger partial charge is 0.257 e. The molecule has 28 heavy (non-hydrogen) atoms. The van der Waals surface area contributed by atoms with Gasteiger partial charge in [0.05, 0.1) is 11.3 Å². The Morgan fingerprint density at radius 2 is 1.93 bits per heavy atom. The summed E-state index contributed by atoms with van der Waals surface area (Å²) in [5.41, 5.74) is 4.46. The van der Waals surface area contributed by atoms with Crippen molar-refractivity contribution in [3.63, 3.8) is 0 Å². The molecule has 0 aromatic heterocycles. The highest BCUT2D eigenvalue weighted by Gasteiger charge is 2.38. The molecule has 1 saturated heterocycles. The third kappa shape index (κ3) is 3.37. The molecule has 0 spiro atoms. The van der Waals surface area contributed by atoms with Gasteiger partial charge in [-0.05, 0) is 56.9 Å². The van der Waals surface area contributed by atoms with Crippen molar-refractivity contribution in [3.8, 4) is 0 Å². The van der Waals surface area contributed by atoms with Crippen molar-refractivity contribution in [3.05, 3.63) is 64.7 Å². The lowest BCUT2D eigenvalue weighted by atomic mass is 9.97. The Bertz CT molecular complexity index is 891. The zero-order chi connectivity index (χ0) is 19.7. The Hall–Kier alpha value is -2.82. The molecule has 146 valence electrons.